The molecular formula is C17H15NOS. The van der Waals surface area contributed by atoms with Crippen molar-refractivity contribution in [1.82, 2.24) is 4.98 Å². The molecule has 1 atom stereocenters. The Morgan fingerprint density at radius 2 is 1.80 bits per heavy atom. The molecule has 0 bridgehead atoms. The summed E-state index contributed by atoms with van der Waals surface area (Å²) in [6.45, 7) is 0. The third-order valence-electron chi connectivity index (χ3n) is 3.41. The first-order valence-electron chi connectivity index (χ1n) is 6.45. The number of benzene rings is 2. The lowest BCUT2D eigenvalue weighted by molar-refractivity contribution is 0.222. The summed E-state index contributed by atoms with van der Waals surface area (Å²) in [5.74, 6) is 0. The van der Waals surface area contributed by atoms with E-state index in [2.05, 4.69) is 4.98 Å². The molecule has 0 fully saturated rings. The van der Waals surface area contributed by atoms with E-state index in [0.717, 1.165) is 22.0 Å². The minimum atomic E-state index is -0.626. The molecule has 0 saturated carbocycles. The van der Waals surface area contributed by atoms with Crippen LogP contribution in [0.15, 0.2) is 65.7 Å². The molecule has 1 aromatic heterocycles. The molecule has 0 aliphatic heterocycles. The van der Waals surface area contributed by atoms with Gasteiger partial charge in [-0.2, -0.15) is 0 Å². The number of nitrogens with zero attached hydrogens (tertiary/aromatic N) is 1. The molecule has 3 aromatic rings. The van der Waals surface area contributed by atoms with Crippen molar-refractivity contribution in [2.45, 2.75) is 11.0 Å². The maximum Gasteiger partial charge on any atom is 0.105 e. The molecule has 0 amide bonds. The number of pyridine rings is 1. The first-order valence-corrected chi connectivity index (χ1v) is 7.68. The van der Waals surface area contributed by atoms with Gasteiger partial charge in [0.2, 0.25) is 0 Å². The van der Waals surface area contributed by atoms with E-state index in [4.69, 9.17) is 0 Å². The summed E-state index contributed by atoms with van der Waals surface area (Å²) in [5.41, 5.74) is 2.71. The van der Waals surface area contributed by atoms with Crippen molar-refractivity contribution in [2.75, 3.05) is 6.26 Å². The zero-order chi connectivity index (χ0) is 13.9. The van der Waals surface area contributed by atoms with Crippen LogP contribution in [-0.4, -0.2) is 16.3 Å². The van der Waals surface area contributed by atoms with Gasteiger partial charge >= 0.3 is 0 Å². The van der Waals surface area contributed by atoms with Gasteiger partial charge in [0, 0.05) is 16.5 Å². The van der Waals surface area contributed by atoms with Crippen molar-refractivity contribution < 1.29 is 5.11 Å². The van der Waals surface area contributed by atoms with Crippen LogP contribution >= 0.6 is 11.8 Å². The first kappa shape index (κ1) is 13.2. The van der Waals surface area contributed by atoms with Crippen molar-refractivity contribution in [3.63, 3.8) is 0 Å². The predicted octanol–water partition coefficient (Wildman–Crippen LogP) is 4.04. The minimum Gasteiger partial charge on any atom is -0.384 e. The molecule has 0 saturated heterocycles. The summed E-state index contributed by atoms with van der Waals surface area (Å²) in [4.78, 5) is 5.53. The van der Waals surface area contributed by atoms with E-state index in [-0.39, 0.29) is 0 Å². The van der Waals surface area contributed by atoms with Crippen molar-refractivity contribution >= 4 is 22.7 Å². The molecule has 20 heavy (non-hydrogen) atoms. The fourth-order valence-corrected chi connectivity index (χ4v) is 2.74. The molecule has 1 N–H and O–H groups in total. The minimum absolute atomic E-state index is 0.626. The highest BCUT2D eigenvalue weighted by molar-refractivity contribution is 7.98. The van der Waals surface area contributed by atoms with Gasteiger partial charge in [-0.05, 0) is 41.6 Å². The zero-order valence-electron chi connectivity index (χ0n) is 11.2. The van der Waals surface area contributed by atoms with Crippen molar-refractivity contribution in [3.8, 4) is 0 Å². The standard InChI is InChI=1S/C17H15NOS/c1-20-13-9-7-12(8-10-13)17(19)15-4-2-6-16-14(15)5-3-11-18-16/h2-11,17,19H,1H3. The number of aliphatic hydroxyl groups is 1. The molecule has 0 aliphatic rings. The lowest BCUT2D eigenvalue weighted by atomic mass is 9.98. The molecule has 1 unspecified atom stereocenters. The van der Waals surface area contributed by atoms with E-state index >= 15 is 0 Å². The predicted molar refractivity (Wildman–Crippen MR) is 84.0 cm³/mol. The lowest BCUT2D eigenvalue weighted by Gasteiger charge is -2.14. The van der Waals surface area contributed by atoms with Gasteiger partial charge in [-0.3, -0.25) is 4.98 Å². The van der Waals surface area contributed by atoms with Crippen molar-refractivity contribution in [2.24, 2.45) is 0 Å². The fourth-order valence-electron chi connectivity index (χ4n) is 2.33. The Kier molecular flexibility index (Phi) is 3.72. The lowest BCUT2D eigenvalue weighted by Crippen LogP contribution is -2.00. The Balaban J connectivity index is 2.05. The highest BCUT2D eigenvalue weighted by Crippen LogP contribution is 2.29. The smallest absolute Gasteiger partial charge is 0.105 e. The molecular weight excluding hydrogens is 266 g/mol. The zero-order valence-corrected chi connectivity index (χ0v) is 12.0. The highest BCUT2D eigenvalue weighted by atomic mass is 32.2. The van der Waals surface area contributed by atoms with Gasteiger partial charge in [0.25, 0.3) is 0 Å². The van der Waals surface area contributed by atoms with Crippen LogP contribution in [0.2, 0.25) is 0 Å². The summed E-state index contributed by atoms with van der Waals surface area (Å²) < 4.78 is 0. The SMILES string of the molecule is CSc1ccc(C(O)c2cccc3ncccc23)cc1. The van der Waals surface area contributed by atoms with Gasteiger partial charge in [-0.25, -0.2) is 0 Å². The number of thioether (sulfide) groups is 1. The summed E-state index contributed by atoms with van der Waals surface area (Å²) in [6, 6.07) is 17.8. The summed E-state index contributed by atoms with van der Waals surface area (Å²) in [7, 11) is 0. The normalized spacial score (nSPS) is 12.5. The molecule has 3 heteroatoms. The van der Waals surface area contributed by atoms with Crippen molar-refractivity contribution in [1.29, 1.82) is 0 Å². The topological polar surface area (TPSA) is 33.1 Å². The van der Waals surface area contributed by atoms with Crippen LogP contribution in [0.4, 0.5) is 0 Å². The van der Waals surface area contributed by atoms with Crippen molar-refractivity contribution in [3.05, 3.63) is 71.9 Å². The number of aromatic nitrogens is 1. The van der Waals surface area contributed by atoms with Gasteiger partial charge in [-0.1, -0.05) is 30.3 Å². The van der Waals surface area contributed by atoms with E-state index < -0.39 is 6.10 Å². The van der Waals surface area contributed by atoms with Crippen LogP contribution in [0.25, 0.3) is 10.9 Å². The van der Waals surface area contributed by atoms with Crippen LogP contribution in [0, 0.1) is 0 Å². The molecule has 0 spiro atoms. The Labute approximate surface area is 122 Å². The van der Waals surface area contributed by atoms with Gasteiger partial charge in [0.1, 0.15) is 6.10 Å². The Bertz CT molecular complexity index is 719. The summed E-state index contributed by atoms with van der Waals surface area (Å²) >= 11 is 1.70. The molecule has 2 aromatic carbocycles. The second kappa shape index (κ2) is 5.65. The Hall–Kier alpha value is -1.84. The van der Waals surface area contributed by atoms with Crippen LogP contribution in [0.5, 0.6) is 0 Å². The molecule has 0 radical (unpaired) electrons. The third-order valence-corrected chi connectivity index (χ3v) is 4.15. The highest BCUT2D eigenvalue weighted by Gasteiger charge is 2.13. The largest absolute Gasteiger partial charge is 0.384 e. The van der Waals surface area contributed by atoms with Crippen LogP contribution in [0.1, 0.15) is 17.2 Å². The number of rotatable bonds is 3. The van der Waals surface area contributed by atoms with Crippen LogP contribution < -0.4 is 0 Å². The van der Waals surface area contributed by atoms with E-state index in [9.17, 15) is 5.11 Å². The van der Waals surface area contributed by atoms with Gasteiger partial charge in [0.05, 0.1) is 5.52 Å². The number of fused-ring (bicyclic) bond motifs is 1. The Morgan fingerprint density at radius 1 is 1.00 bits per heavy atom. The number of hydrogen-bond donors (Lipinski definition) is 1. The maximum atomic E-state index is 10.6. The molecule has 100 valence electrons. The number of hydrogen-bond acceptors (Lipinski definition) is 3. The van der Waals surface area contributed by atoms with E-state index in [1.807, 2.05) is 60.9 Å². The van der Waals surface area contributed by atoms with Crippen LogP contribution in [-0.2, 0) is 0 Å². The Morgan fingerprint density at radius 3 is 2.55 bits per heavy atom. The average Bonchev–Trinajstić information content (AvgIpc) is 2.54. The molecule has 0 aliphatic carbocycles. The molecule has 1 heterocycles. The first-order chi connectivity index (χ1) is 9.79. The van der Waals surface area contributed by atoms with E-state index in [1.54, 1.807) is 18.0 Å². The third kappa shape index (κ3) is 2.42. The average molecular weight is 281 g/mol. The monoisotopic (exact) mass is 281 g/mol. The molecule has 3 rings (SSSR count). The van der Waals surface area contributed by atoms with Gasteiger partial charge < -0.3 is 5.11 Å². The van der Waals surface area contributed by atoms with Gasteiger partial charge in [0.15, 0.2) is 0 Å². The second-order valence-electron chi connectivity index (χ2n) is 4.59. The summed E-state index contributed by atoms with van der Waals surface area (Å²) in [5, 5.41) is 11.6. The second-order valence-corrected chi connectivity index (χ2v) is 5.47. The van der Waals surface area contributed by atoms with Gasteiger partial charge in [-0.15, -0.1) is 11.8 Å². The number of aliphatic hydroxyl groups excluding tert-OH is 1. The fraction of sp³-hybridized carbons (Fsp3) is 0.118. The molecule has 2 nitrogen and oxygen atoms in total. The quantitative estimate of drug-likeness (QED) is 0.736. The van der Waals surface area contributed by atoms with Crippen LogP contribution in [0.3, 0.4) is 0 Å². The van der Waals surface area contributed by atoms with E-state index in [1.165, 1.54) is 4.90 Å². The maximum absolute atomic E-state index is 10.6. The van der Waals surface area contributed by atoms with E-state index in [0.29, 0.717) is 0 Å². The summed E-state index contributed by atoms with van der Waals surface area (Å²) in [6.07, 6.45) is 3.19.